The molecule has 34 heavy (non-hydrogen) atoms. The van der Waals surface area contributed by atoms with E-state index in [2.05, 4.69) is 45.6 Å². The van der Waals surface area contributed by atoms with Crippen molar-refractivity contribution in [3.63, 3.8) is 0 Å². The zero-order valence-electron chi connectivity index (χ0n) is 19.4. The van der Waals surface area contributed by atoms with Crippen LogP contribution in [0.5, 0.6) is 5.75 Å². The molecular formula is C28H29F2N3O. The Hall–Kier alpha value is -3.08. The smallest absolute Gasteiger partial charge is 0.132 e. The first-order chi connectivity index (χ1) is 16.6. The van der Waals surface area contributed by atoms with E-state index >= 15 is 4.39 Å². The van der Waals surface area contributed by atoms with E-state index in [9.17, 15) is 4.39 Å². The summed E-state index contributed by atoms with van der Waals surface area (Å²) in [5, 5.41) is 1.22. The fourth-order valence-corrected chi connectivity index (χ4v) is 5.63. The van der Waals surface area contributed by atoms with Crippen LogP contribution in [-0.4, -0.2) is 53.7 Å². The molecule has 6 heteroatoms. The number of para-hydroxylation sites is 1. The Bertz CT molecular complexity index is 1290. The molecule has 2 aromatic carbocycles. The number of aromatic nitrogens is 1. The summed E-state index contributed by atoms with van der Waals surface area (Å²) in [7, 11) is 0. The molecule has 1 saturated heterocycles. The molecule has 0 spiro atoms. The Kier molecular flexibility index (Phi) is 5.43. The van der Waals surface area contributed by atoms with E-state index < -0.39 is 0 Å². The fraction of sp³-hybridized carbons (Fsp3) is 0.393. The second kappa shape index (κ2) is 8.61. The number of benzene rings is 2. The molecule has 0 unspecified atom stereocenters. The summed E-state index contributed by atoms with van der Waals surface area (Å²) in [6.45, 7) is 4.70. The molecule has 3 heterocycles. The Morgan fingerprint density at radius 1 is 1.18 bits per heavy atom. The van der Waals surface area contributed by atoms with Gasteiger partial charge in [0.25, 0.3) is 0 Å². The highest BCUT2D eigenvalue weighted by Gasteiger charge is 2.38. The average Bonchev–Trinajstić information content (AvgIpc) is 3.13. The van der Waals surface area contributed by atoms with Crippen LogP contribution in [0.3, 0.4) is 0 Å². The van der Waals surface area contributed by atoms with Crippen molar-refractivity contribution in [1.82, 2.24) is 14.8 Å². The van der Waals surface area contributed by atoms with E-state index in [1.54, 1.807) is 0 Å². The lowest BCUT2D eigenvalue weighted by Gasteiger charge is -2.44. The van der Waals surface area contributed by atoms with Crippen molar-refractivity contribution >= 4 is 10.9 Å². The number of aromatic amines is 1. The number of hydrogen-bond acceptors (Lipinski definition) is 3. The van der Waals surface area contributed by atoms with Gasteiger partial charge in [0.2, 0.25) is 0 Å². The van der Waals surface area contributed by atoms with Gasteiger partial charge in [-0.25, -0.2) is 4.39 Å². The summed E-state index contributed by atoms with van der Waals surface area (Å²) in [5.74, 6) is 0.420. The lowest BCUT2D eigenvalue weighted by Crippen LogP contribution is -2.49. The zero-order valence-corrected chi connectivity index (χ0v) is 19.4. The van der Waals surface area contributed by atoms with Crippen LogP contribution in [0.1, 0.15) is 36.2 Å². The van der Waals surface area contributed by atoms with Crippen molar-refractivity contribution in [2.45, 2.75) is 31.8 Å². The molecule has 2 aliphatic heterocycles. The van der Waals surface area contributed by atoms with Gasteiger partial charge in [0.15, 0.2) is 0 Å². The third-order valence-electron chi connectivity index (χ3n) is 7.44. The monoisotopic (exact) mass is 461 g/mol. The predicted octanol–water partition coefficient (Wildman–Crippen LogP) is 5.37. The van der Waals surface area contributed by atoms with Gasteiger partial charge in [-0.05, 0) is 43.2 Å². The van der Waals surface area contributed by atoms with Crippen LogP contribution in [0.2, 0.25) is 0 Å². The summed E-state index contributed by atoms with van der Waals surface area (Å²) in [5.41, 5.74) is 8.52. The number of fused-ring (bicyclic) bond motifs is 3. The minimum atomic E-state index is -0.267. The molecule has 1 aromatic heterocycles. The molecule has 0 saturated carbocycles. The van der Waals surface area contributed by atoms with Crippen LogP contribution in [0, 0.1) is 11.7 Å². The van der Waals surface area contributed by atoms with E-state index in [0.717, 1.165) is 49.4 Å². The first-order valence-corrected chi connectivity index (χ1v) is 12.1. The highest BCUT2D eigenvalue weighted by Crippen LogP contribution is 2.44. The molecular weight excluding hydrogens is 432 g/mol. The lowest BCUT2D eigenvalue weighted by molar-refractivity contribution is 0.0668. The Morgan fingerprint density at radius 2 is 2.00 bits per heavy atom. The number of rotatable bonds is 7. The highest BCUT2D eigenvalue weighted by atomic mass is 19.1. The molecule has 1 fully saturated rings. The van der Waals surface area contributed by atoms with Crippen LogP contribution in [0.4, 0.5) is 8.78 Å². The molecule has 4 nitrogen and oxygen atoms in total. The van der Waals surface area contributed by atoms with Crippen molar-refractivity contribution < 1.29 is 13.5 Å². The maximum absolute atomic E-state index is 15.6. The van der Waals surface area contributed by atoms with Gasteiger partial charge in [-0.3, -0.25) is 9.29 Å². The van der Waals surface area contributed by atoms with Gasteiger partial charge in [0, 0.05) is 66.2 Å². The quantitative estimate of drug-likeness (QED) is 0.481. The van der Waals surface area contributed by atoms with Gasteiger partial charge >= 0.3 is 0 Å². The molecule has 0 bridgehead atoms. The molecule has 176 valence electrons. The second-order valence-corrected chi connectivity index (χ2v) is 9.74. The van der Waals surface area contributed by atoms with E-state index in [1.165, 1.54) is 17.0 Å². The molecule has 3 aromatic rings. The van der Waals surface area contributed by atoms with Crippen molar-refractivity contribution in [3.8, 4) is 5.75 Å². The van der Waals surface area contributed by atoms with Crippen LogP contribution in [-0.2, 0) is 6.42 Å². The number of alkyl halides is 1. The molecule has 6 rings (SSSR count). The largest absolute Gasteiger partial charge is 0.492 e. The molecule has 3 aliphatic rings. The maximum atomic E-state index is 15.6. The van der Waals surface area contributed by atoms with Crippen LogP contribution < -0.4 is 4.74 Å². The number of likely N-dealkylation sites (tertiary alicyclic amines) is 1. The Labute approximate surface area is 198 Å². The van der Waals surface area contributed by atoms with Crippen molar-refractivity contribution in [3.05, 3.63) is 82.6 Å². The number of halogens is 2. The second-order valence-electron chi connectivity index (χ2n) is 9.74. The van der Waals surface area contributed by atoms with Crippen molar-refractivity contribution in [2.24, 2.45) is 5.92 Å². The third kappa shape index (κ3) is 3.62. The van der Waals surface area contributed by atoms with Crippen LogP contribution >= 0.6 is 0 Å². The summed E-state index contributed by atoms with van der Waals surface area (Å²) < 4.78 is 34.1. The van der Waals surface area contributed by atoms with E-state index in [1.807, 2.05) is 24.3 Å². The van der Waals surface area contributed by atoms with Gasteiger partial charge in [-0.15, -0.1) is 5.73 Å². The minimum Gasteiger partial charge on any atom is -0.492 e. The summed E-state index contributed by atoms with van der Waals surface area (Å²) >= 11 is 0. The summed E-state index contributed by atoms with van der Waals surface area (Å²) in [4.78, 5) is 8.09. The van der Waals surface area contributed by atoms with E-state index in [-0.39, 0.29) is 30.5 Å². The van der Waals surface area contributed by atoms with E-state index in [4.69, 9.17) is 4.74 Å². The number of H-pyrrole nitrogens is 1. The topological polar surface area (TPSA) is 31.5 Å². The normalized spacial score (nSPS) is 22.3. The molecule has 0 radical (unpaired) electrons. The van der Waals surface area contributed by atoms with Gasteiger partial charge in [-0.2, -0.15) is 0 Å². The number of ether oxygens (including phenoxy) is 1. The van der Waals surface area contributed by atoms with Gasteiger partial charge in [0.05, 0.1) is 18.4 Å². The molecule has 0 amide bonds. The standard InChI is InChI=1S/C28H29F2N3O/c1-18-13-24-22-7-2-3-8-26(22)31-27(24)28(33(18)20-5-4-6-20)23-10-9-21(14-25(23)30)34-12-11-32-16-19(15-29)17-32/h2-4,7-10,14,18-19,28,31H,5,11-13,15-17H2,1H3/t18-,28-/m1/s1. The van der Waals surface area contributed by atoms with Gasteiger partial charge < -0.3 is 14.6 Å². The zero-order chi connectivity index (χ0) is 23.2. The summed E-state index contributed by atoms with van der Waals surface area (Å²) in [6, 6.07) is 13.5. The fourth-order valence-electron chi connectivity index (χ4n) is 5.63. The lowest BCUT2D eigenvalue weighted by atomic mass is 9.87. The first-order valence-electron chi connectivity index (χ1n) is 12.1. The Morgan fingerprint density at radius 3 is 2.74 bits per heavy atom. The molecule has 1 aliphatic carbocycles. The SMILES string of the molecule is C[C@@H]1Cc2c([nH]c3ccccc23)[C@@H](c2ccc(OCCN3CC(CF)C3)cc2F)N1C1=C=CC1. The number of nitrogens with zero attached hydrogens (tertiary/aromatic N) is 2. The van der Waals surface area contributed by atoms with E-state index in [0.29, 0.717) is 17.9 Å². The summed E-state index contributed by atoms with van der Waals surface area (Å²) in [6.07, 6.45) is 3.80. The predicted molar refractivity (Wildman–Crippen MR) is 129 cm³/mol. The number of hydrogen-bond donors (Lipinski definition) is 1. The minimum absolute atomic E-state index is 0.160. The highest BCUT2D eigenvalue weighted by molar-refractivity contribution is 5.85. The van der Waals surface area contributed by atoms with Gasteiger partial charge in [-0.1, -0.05) is 18.2 Å². The number of nitrogens with one attached hydrogen (secondary N) is 1. The Balaban J connectivity index is 1.29. The van der Waals surface area contributed by atoms with Crippen LogP contribution in [0.15, 0.2) is 60.0 Å². The van der Waals surface area contributed by atoms with Crippen molar-refractivity contribution in [2.75, 3.05) is 32.9 Å². The average molecular weight is 462 g/mol. The van der Waals surface area contributed by atoms with Gasteiger partial charge in [0.1, 0.15) is 18.2 Å². The van der Waals surface area contributed by atoms with Crippen molar-refractivity contribution in [1.29, 1.82) is 0 Å². The molecule has 2 atom stereocenters. The maximum Gasteiger partial charge on any atom is 0.132 e. The first kappa shape index (κ1) is 21.5. The molecule has 1 N–H and O–H groups in total. The van der Waals surface area contributed by atoms with Crippen LogP contribution in [0.25, 0.3) is 10.9 Å². The third-order valence-corrected chi connectivity index (χ3v) is 7.44.